The third-order valence-corrected chi connectivity index (χ3v) is 3.59. The van der Waals surface area contributed by atoms with Crippen LogP contribution in [0.15, 0.2) is 18.3 Å². The summed E-state index contributed by atoms with van der Waals surface area (Å²) in [6.45, 7) is 3.00. The number of amides is 1. The topological polar surface area (TPSA) is 36.4 Å². The molecule has 0 spiro atoms. The molecule has 96 valence electrons. The normalized spacial score (nSPS) is 20.1. The summed E-state index contributed by atoms with van der Waals surface area (Å²) in [6, 6.07) is 3.25. The maximum absolute atomic E-state index is 13.0. The molecule has 0 unspecified atom stereocenters. The van der Waals surface area contributed by atoms with Crippen LogP contribution in [0.3, 0.4) is 0 Å². The first-order valence-electron chi connectivity index (χ1n) is 6.39. The summed E-state index contributed by atoms with van der Waals surface area (Å²) < 4.78 is 13.0. The predicted molar refractivity (Wildman–Crippen MR) is 65.7 cm³/mol. The Morgan fingerprint density at radius 1 is 1.28 bits per heavy atom. The fraction of sp³-hybridized carbons (Fsp3) is 0.538. The second-order valence-electron chi connectivity index (χ2n) is 4.92. The van der Waals surface area contributed by atoms with Crippen LogP contribution >= 0.6 is 0 Å². The van der Waals surface area contributed by atoms with Crippen LogP contribution in [0.5, 0.6) is 0 Å². The van der Waals surface area contributed by atoms with E-state index in [0.29, 0.717) is 5.91 Å². The van der Waals surface area contributed by atoms with E-state index in [9.17, 15) is 9.18 Å². The van der Waals surface area contributed by atoms with E-state index in [4.69, 9.17) is 0 Å². The average molecular weight is 249 g/mol. The molecule has 0 atom stereocenters. The van der Waals surface area contributed by atoms with Gasteiger partial charge in [0.15, 0.2) is 0 Å². The van der Waals surface area contributed by atoms with Gasteiger partial charge in [0.25, 0.3) is 0 Å². The van der Waals surface area contributed by atoms with Crippen LogP contribution in [-0.2, 0) is 4.79 Å². The van der Waals surface area contributed by atoms with Crippen molar-refractivity contribution >= 4 is 11.6 Å². The Kier molecular flexibility index (Phi) is 2.89. The zero-order valence-electron chi connectivity index (χ0n) is 10.2. The van der Waals surface area contributed by atoms with Crippen molar-refractivity contribution in [2.45, 2.75) is 12.8 Å². The zero-order chi connectivity index (χ0) is 12.5. The molecule has 0 N–H and O–H groups in total. The van der Waals surface area contributed by atoms with Gasteiger partial charge < -0.3 is 9.80 Å². The number of nitrogens with zero attached hydrogens (tertiary/aromatic N) is 3. The molecule has 0 radical (unpaired) electrons. The Balaban J connectivity index is 1.61. The van der Waals surface area contributed by atoms with E-state index in [1.807, 2.05) is 4.90 Å². The summed E-state index contributed by atoms with van der Waals surface area (Å²) in [6.07, 6.45) is 3.58. The molecule has 3 rings (SSSR count). The van der Waals surface area contributed by atoms with Crippen molar-refractivity contribution < 1.29 is 9.18 Å². The molecule has 1 amide bonds. The molecule has 1 aromatic heterocycles. The highest BCUT2D eigenvalue weighted by Gasteiger charge is 2.34. The minimum Gasteiger partial charge on any atom is -0.368 e. The van der Waals surface area contributed by atoms with Crippen LogP contribution in [0, 0.1) is 11.9 Å². The van der Waals surface area contributed by atoms with Crippen molar-refractivity contribution in [2.24, 2.45) is 5.92 Å². The van der Waals surface area contributed by atoms with Crippen molar-refractivity contribution in [1.29, 1.82) is 0 Å². The molecule has 1 aliphatic heterocycles. The van der Waals surface area contributed by atoms with E-state index in [1.165, 1.54) is 12.3 Å². The highest BCUT2D eigenvalue weighted by atomic mass is 19.1. The number of aromatic nitrogens is 1. The molecule has 1 saturated carbocycles. The Labute approximate surface area is 105 Å². The van der Waals surface area contributed by atoms with Crippen LogP contribution in [0.25, 0.3) is 0 Å². The van der Waals surface area contributed by atoms with E-state index in [-0.39, 0.29) is 5.92 Å². The molecule has 2 aliphatic rings. The quantitative estimate of drug-likeness (QED) is 0.741. The van der Waals surface area contributed by atoms with Gasteiger partial charge in [0.1, 0.15) is 0 Å². The van der Waals surface area contributed by atoms with E-state index in [1.54, 1.807) is 6.07 Å². The van der Waals surface area contributed by atoms with Gasteiger partial charge in [-0.3, -0.25) is 4.79 Å². The van der Waals surface area contributed by atoms with Gasteiger partial charge in [-0.1, -0.05) is 0 Å². The third-order valence-electron chi connectivity index (χ3n) is 3.59. The molecular formula is C13H16FN3O. The number of piperazine rings is 1. The van der Waals surface area contributed by atoms with Crippen molar-refractivity contribution in [3.8, 4) is 0 Å². The fourth-order valence-corrected chi connectivity index (χ4v) is 2.36. The van der Waals surface area contributed by atoms with Crippen LogP contribution in [-0.4, -0.2) is 42.0 Å². The van der Waals surface area contributed by atoms with Gasteiger partial charge >= 0.3 is 0 Å². The molecule has 2 fully saturated rings. The zero-order valence-corrected chi connectivity index (χ0v) is 10.2. The van der Waals surface area contributed by atoms with Crippen molar-refractivity contribution in [3.05, 3.63) is 24.3 Å². The summed E-state index contributed by atoms with van der Waals surface area (Å²) in [5.41, 5.74) is 0.848. The molecular weight excluding hydrogens is 233 g/mol. The molecule has 18 heavy (non-hydrogen) atoms. The Hall–Kier alpha value is -1.65. The van der Waals surface area contributed by atoms with Crippen LogP contribution in [0.1, 0.15) is 12.8 Å². The van der Waals surface area contributed by atoms with E-state index in [2.05, 4.69) is 9.88 Å². The summed E-state index contributed by atoms with van der Waals surface area (Å²) in [5, 5.41) is 0. The summed E-state index contributed by atoms with van der Waals surface area (Å²) in [7, 11) is 0. The molecule has 0 bridgehead atoms. The number of pyridine rings is 1. The summed E-state index contributed by atoms with van der Waals surface area (Å²) in [5.74, 6) is 0.134. The van der Waals surface area contributed by atoms with E-state index >= 15 is 0 Å². The van der Waals surface area contributed by atoms with E-state index < -0.39 is 5.95 Å². The van der Waals surface area contributed by atoms with Gasteiger partial charge in [0.05, 0.1) is 0 Å². The maximum Gasteiger partial charge on any atom is 0.225 e. The SMILES string of the molecule is O=C(C1CC1)N1CCN(c2ccnc(F)c2)CC1. The first-order chi connectivity index (χ1) is 8.74. The first-order valence-corrected chi connectivity index (χ1v) is 6.39. The van der Waals surface area contributed by atoms with Gasteiger partial charge in [-0.15, -0.1) is 0 Å². The summed E-state index contributed by atoms with van der Waals surface area (Å²) >= 11 is 0. The number of carbonyl (C=O) groups is 1. The molecule has 5 heteroatoms. The lowest BCUT2D eigenvalue weighted by Crippen LogP contribution is -2.49. The van der Waals surface area contributed by atoms with E-state index in [0.717, 1.165) is 44.7 Å². The molecule has 1 saturated heterocycles. The number of anilines is 1. The number of rotatable bonds is 2. The average Bonchev–Trinajstić information content (AvgIpc) is 3.22. The smallest absolute Gasteiger partial charge is 0.225 e. The highest BCUT2D eigenvalue weighted by Crippen LogP contribution is 2.31. The number of halogens is 1. The minimum atomic E-state index is -0.455. The van der Waals surface area contributed by atoms with Gasteiger partial charge in [-0.05, 0) is 18.9 Å². The second-order valence-corrected chi connectivity index (χ2v) is 4.92. The highest BCUT2D eigenvalue weighted by molar-refractivity contribution is 5.81. The van der Waals surface area contributed by atoms with Crippen molar-refractivity contribution in [2.75, 3.05) is 31.1 Å². The van der Waals surface area contributed by atoms with Crippen LogP contribution in [0.2, 0.25) is 0 Å². The summed E-state index contributed by atoms with van der Waals surface area (Å²) in [4.78, 5) is 19.5. The lowest BCUT2D eigenvalue weighted by Gasteiger charge is -2.36. The molecule has 1 aliphatic carbocycles. The third kappa shape index (κ3) is 2.30. The Morgan fingerprint density at radius 3 is 2.61 bits per heavy atom. The number of carbonyl (C=O) groups excluding carboxylic acids is 1. The molecule has 1 aromatic rings. The van der Waals surface area contributed by atoms with Crippen molar-refractivity contribution in [1.82, 2.24) is 9.88 Å². The maximum atomic E-state index is 13.0. The van der Waals surface area contributed by atoms with Crippen LogP contribution < -0.4 is 4.90 Å². The monoisotopic (exact) mass is 249 g/mol. The van der Waals surface area contributed by atoms with Crippen molar-refractivity contribution in [3.63, 3.8) is 0 Å². The van der Waals surface area contributed by atoms with Crippen LogP contribution in [0.4, 0.5) is 10.1 Å². The fourth-order valence-electron chi connectivity index (χ4n) is 2.36. The number of hydrogen-bond acceptors (Lipinski definition) is 3. The second kappa shape index (κ2) is 4.55. The van der Waals surface area contributed by atoms with Gasteiger partial charge in [-0.2, -0.15) is 4.39 Å². The molecule has 2 heterocycles. The lowest BCUT2D eigenvalue weighted by molar-refractivity contribution is -0.132. The number of hydrogen-bond donors (Lipinski definition) is 0. The van der Waals surface area contributed by atoms with Gasteiger partial charge in [0.2, 0.25) is 11.9 Å². The first kappa shape index (κ1) is 11.4. The van der Waals surface area contributed by atoms with Gasteiger partial charge in [-0.25, -0.2) is 4.98 Å². The Morgan fingerprint density at radius 2 is 2.00 bits per heavy atom. The standard InChI is InChI=1S/C13H16FN3O/c14-12-9-11(3-4-15-12)16-5-7-17(8-6-16)13(18)10-1-2-10/h3-4,9-10H,1-2,5-8H2. The Bertz CT molecular complexity index is 453. The molecule has 0 aromatic carbocycles. The largest absolute Gasteiger partial charge is 0.368 e. The lowest BCUT2D eigenvalue weighted by atomic mass is 10.2. The minimum absolute atomic E-state index is 0.287. The predicted octanol–water partition coefficient (Wildman–Crippen LogP) is 1.28. The van der Waals surface area contributed by atoms with Gasteiger partial charge in [0, 0.05) is 50.0 Å². The molecule has 4 nitrogen and oxygen atoms in total.